The predicted octanol–water partition coefficient (Wildman–Crippen LogP) is 11.9. The zero-order valence-electron chi connectivity index (χ0n) is 23.0. The topological polar surface area (TPSA) is 0 Å². The van der Waals surface area contributed by atoms with Crippen LogP contribution in [-0.2, 0) is 0 Å². The maximum absolute atomic E-state index is 2.38. The van der Waals surface area contributed by atoms with Gasteiger partial charge in [0.25, 0.3) is 0 Å². The van der Waals surface area contributed by atoms with Gasteiger partial charge in [-0.3, -0.25) is 0 Å². The van der Waals surface area contributed by atoms with Crippen molar-refractivity contribution in [3.8, 4) is 22.3 Å². The Morgan fingerprint density at radius 1 is 0.238 bits per heavy atom. The lowest BCUT2D eigenvalue weighted by Gasteiger charge is -2.19. The molecule has 0 heterocycles. The fourth-order valence-electron chi connectivity index (χ4n) is 7.08. The Bertz CT molecular complexity index is 2450. The third-order valence-corrected chi connectivity index (χ3v) is 8.98. The first-order valence-electron chi connectivity index (χ1n) is 14.6. The lowest BCUT2D eigenvalue weighted by Crippen LogP contribution is -1.91. The molecular formula is C42H26. The van der Waals surface area contributed by atoms with Crippen molar-refractivity contribution in [1.29, 1.82) is 0 Å². The number of hydrogen-bond acceptors (Lipinski definition) is 0. The van der Waals surface area contributed by atoms with E-state index in [-0.39, 0.29) is 0 Å². The SMILES string of the molecule is c1ccc2cc3c(ccc4cc(-c5c6ccccc6c(-c6cccc7ccccc67)c6ccccc56)ccc43)cc2c1. The van der Waals surface area contributed by atoms with Gasteiger partial charge in [0, 0.05) is 0 Å². The second-order valence-electron chi connectivity index (χ2n) is 11.3. The first-order chi connectivity index (χ1) is 20.8. The van der Waals surface area contributed by atoms with Gasteiger partial charge < -0.3 is 0 Å². The van der Waals surface area contributed by atoms with Gasteiger partial charge in [-0.25, -0.2) is 0 Å². The summed E-state index contributed by atoms with van der Waals surface area (Å²) in [5.41, 5.74) is 5.13. The summed E-state index contributed by atoms with van der Waals surface area (Å²) in [7, 11) is 0. The summed E-state index contributed by atoms with van der Waals surface area (Å²) in [4.78, 5) is 0. The van der Waals surface area contributed by atoms with Crippen LogP contribution in [0.4, 0.5) is 0 Å². The molecule has 9 aromatic carbocycles. The van der Waals surface area contributed by atoms with E-state index in [0.29, 0.717) is 0 Å². The Labute approximate surface area is 244 Å². The maximum atomic E-state index is 2.38. The first-order valence-corrected chi connectivity index (χ1v) is 14.6. The molecule has 0 saturated heterocycles. The Balaban J connectivity index is 1.35. The van der Waals surface area contributed by atoms with Gasteiger partial charge in [0.1, 0.15) is 0 Å². The van der Waals surface area contributed by atoms with Gasteiger partial charge in [-0.05, 0) is 105 Å². The van der Waals surface area contributed by atoms with Gasteiger partial charge in [0.2, 0.25) is 0 Å². The molecule has 0 fully saturated rings. The van der Waals surface area contributed by atoms with Crippen molar-refractivity contribution in [2.24, 2.45) is 0 Å². The second-order valence-corrected chi connectivity index (χ2v) is 11.3. The molecule has 0 amide bonds. The van der Waals surface area contributed by atoms with Crippen molar-refractivity contribution in [1.82, 2.24) is 0 Å². The van der Waals surface area contributed by atoms with Crippen LogP contribution in [0.2, 0.25) is 0 Å². The normalized spacial score (nSPS) is 11.8. The summed E-state index contributed by atoms with van der Waals surface area (Å²) < 4.78 is 0. The molecule has 0 spiro atoms. The highest BCUT2D eigenvalue weighted by Crippen LogP contribution is 2.45. The standard InChI is InChI=1S/C42H26/c1-2-12-29-26-40-31(24-28(29)11-1)21-20-30-25-32(22-23-34(30)40)41-36-15-5-7-17-38(36)42(39-18-8-6-16-37(39)41)35-19-9-13-27-10-3-4-14-33(27)35/h1-26H. The molecule has 0 unspecified atom stereocenters. The molecule has 0 N–H and O–H groups in total. The Morgan fingerprint density at radius 3 is 1.45 bits per heavy atom. The Hall–Kier alpha value is -5.46. The molecular weight excluding hydrogens is 504 g/mol. The maximum Gasteiger partial charge on any atom is -0.00201 e. The zero-order valence-corrected chi connectivity index (χ0v) is 23.0. The van der Waals surface area contributed by atoms with Crippen LogP contribution in [-0.4, -0.2) is 0 Å². The summed E-state index contributed by atoms with van der Waals surface area (Å²) in [5, 5.41) is 15.4. The molecule has 9 rings (SSSR count). The Morgan fingerprint density at radius 2 is 0.762 bits per heavy atom. The van der Waals surface area contributed by atoms with Crippen molar-refractivity contribution in [2.75, 3.05) is 0 Å². The molecule has 0 atom stereocenters. The van der Waals surface area contributed by atoms with Crippen LogP contribution in [0.15, 0.2) is 158 Å². The molecule has 42 heavy (non-hydrogen) atoms. The lowest BCUT2D eigenvalue weighted by atomic mass is 9.84. The van der Waals surface area contributed by atoms with Gasteiger partial charge in [-0.2, -0.15) is 0 Å². The minimum Gasteiger partial charge on any atom is -0.0616 e. The fourth-order valence-corrected chi connectivity index (χ4v) is 7.08. The van der Waals surface area contributed by atoms with Crippen molar-refractivity contribution < 1.29 is 0 Å². The van der Waals surface area contributed by atoms with E-state index in [1.165, 1.54) is 86.9 Å². The zero-order chi connectivity index (χ0) is 27.6. The van der Waals surface area contributed by atoms with Crippen LogP contribution in [0.1, 0.15) is 0 Å². The monoisotopic (exact) mass is 530 g/mol. The van der Waals surface area contributed by atoms with E-state index in [2.05, 4.69) is 158 Å². The lowest BCUT2D eigenvalue weighted by molar-refractivity contribution is 1.69. The first kappa shape index (κ1) is 23.3. The number of hydrogen-bond donors (Lipinski definition) is 0. The molecule has 0 radical (unpaired) electrons. The van der Waals surface area contributed by atoms with E-state index in [0.717, 1.165) is 0 Å². The van der Waals surface area contributed by atoms with Crippen LogP contribution >= 0.6 is 0 Å². The molecule has 0 nitrogen and oxygen atoms in total. The molecule has 0 aromatic heterocycles. The van der Waals surface area contributed by atoms with E-state index in [1.54, 1.807) is 0 Å². The van der Waals surface area contributed by atoms with Crippen LogP contribution in [0.25, 0.3) is 86.9 Å². The summed E-state index contributed by atoms with van der Waals surface area (Å²) in [5.74, 6) is 0. The largest absolute Gasteiger partial charge is 0.0616 e. The van der Waals surface area contributed by atoms with E-state index in [9.17, 15) is 0 Å². The quantitative estimate of drug-likeness (QED) is 0.154. The van der Waals surface area contributed by atoms with E-state index in [4.69, 9.17) is 0 Å². The van der Waals surface area contributed by atoms with Crippen molar-refractivity contribution in [3.05, 3.63) is 158 Å². The van der Waals surface area contributed by atoms with E-state index < -0.39 is 0 Å². The highest BCUT2D eigenvalue weighted by Gasteiger charge is 2.18. The minimum absolute atomic E-state index is 1.25. The third-order valence-electron chi connectivity index (χ3n) is 8.98. The van der Waals surface area contributed by atoms with Crippen molar-refractivity contribution >= 4 is 64.6 Å². The van der Waals surface area contributed by atoms with Crippen LogP contribution in [0.5, 0.6) is 0 Å². The predicted molar refractivity (Wildman–Crippen MR) is 182 cm³/mol. The van der Waals surface area contributed by atoms with E-state index >= 15 is 0 Å². The van der Waals surface area contributed by atoms with Crippen LogP contribution < -0.4 is 0 Å². The van der Waals surface area contributed by atoms with Crippen LogP contribution in [0.3, 0.4) is 0 Å². The average molecular weight is 531 g/mol. The van der Waals surface area contributed by atoms with E-state index in [1.807, 2.05) is 0 Å². The van der Waals surface area contributed by atoms with Gasteiger partial charge in [0.05, 0.1) is 0 Å². The molecule has 9 aromatic rings. The minimum atomic E-state index is 1.25. The van der Waals surface area contributed by atoms with Gasteiger partial charge >= 0.3 is 0 Å². The third kappa shape index (κ3) is 3.42. The summed E-state index contributed by atoms with van der Waals surface area (Å²) in [6.45, 7) is 0. The van der Waals surface area contributed by atoms with Crippen LogP contribution in [0, 0.1) is 0 Å². The van der Waals surface area contributed by atoms with Crippen molar-refractivity contribution in [2.45, 2.75) is 0 Å². The summed E-state index contributed by atoms with van der Waals surface area (Å²) in [6, 6.07) is 58.1. The molecule has 0 aliphatic heterocycles. The number of benzene rings is 9. The molecule has 0 heteroatoms. The smallest absolute Gasteiger partial charge is 0.00201 e. The summed E-state index contributed by atoms with van der Waals surface area (Å²) in [6.07, 6.45) is 0. The van der Waals surface area contributed by atoms with Crippen molar-refractivity contribution in [3.63, 3.8) is 0 Å². The molecule has 194 valence electrons. The molecule has 0 bridgehead atoms. The molecule has 0 saturated carbocycles. The van der Waals surface area contributed by atoms with Gasteiger partial charge in [-0.15, -0.1) is 0 Å². The highest BCUT2D eigenvalue weighted by atomic mass is 14.2. The van der Waals surface area contributed by atoms with Gasteiger partial charge in [0.15, 0.2) is 0 Å². The summed E-state index contributed by atoms with van der Waals surface area (Å²) >= 11 is 0. The number of fused-ring (bicyclic) bond motifs is 7. The molecule has 0 aliphatic carbocycles. The van der Waals surface area contributed by atoms with Gasteiger partial charge in [-0.1, -0.05) is 140 Å². The highest BCUT2D eigenvalue weighted by molar-refractivity contribution is 6.24. The Kier molecular flexibility index (Phi) is 5.00. The fraction of sp³-hybridized carbons (Fsp3) is 0. The average Bonchev–Trinajstić information content (AvgIpc) is 3.06. The molecule has 0 aliphatic rings. The second kappa shape index (κ2) is 9.03. The number of rotatable bonds is 2.